The van der Waals surface area contributed by atoms with E-state index in [1.165, 1.54) is 24.3 Å². The fraction of sp³-hybridized carbons (Fsp3) is 0.125. The van der Waals surface area contributed by atoms with Crippen LogP contribution in [0.5, 0.6) is 5.75 Å². The summed E-state index contributed by atoms with van der Waals surface area (Å²) in [4.78, 5) is 10.4. The fourth-order valence-electron chi connectivity index (χ4n) is 0.685. The van der Waals surface area contributed by atoms with Crippen LogP contribution in [0.4, 0.5) is 13.2 Å². The average molecular weight is 225 g/mol. The van der Waals surface area contributed by atoms with E-state index in [0.29, 0.717) is 0 Å². The number of hydrogen-bond acceptors (Lipinski definition) is 2. The molecule has 0 N–H and O–H groups in total. The molecule has 1 aromatic rings. The quantitative estimate of drug-likeness (QED) is 0.542. The second-order valence-electron chi connectivity index (χ2n) is 2.32. The largest absolute Gasteiger partial charge is 0.491 e. The van der Waals surface area contributed by atoms with Crippen LogP contribution >= 0.6 is 11.6 Å². The van der Waals surface area contributed by atoms with Crippen molar-refractivity contribution in [3.05, 3.63) is 29.3 Å². The Morgan fingerprint density at radius 1 is 1.29 bits per heavy atom. The first kappa shape index (κ1) is 10.8. The highest BCUT2D eigenvalue weighted by atomic mass is 35.5. The number of hydrogen-bond donors (Lipinski definition) is 0. The van der Waals surface area contributed by atoms with Gasteiger partial charge in [0, 0.05) is 0 Å². The monoisotopic (exact) mass is 224 g/mol. The molecule has 0 amide bonds. The van der Waals surface area contributed by atoms with E-state index in [2.05, 4.69) is 4.74 Å². The molecule has 0 heterocycles. The van der Waals surface area contributed by atoms with Gasteiger partial charge in [0.25, 0.3) is 0 Å². The molecule has 1 rings (SSSR count). The molecule has 0 atom stereocenters. The van der Waals surface area contributed by atoms with Gasteiger partial charge in [-0.25, -0.2) is 4.79 Å². The van der Waals surface area contributed by atoms with Gasteiger partial charge >= 0.3 is 12.1 Å². The number of ether oxygens (including phenoxy) is 1. The molecule has 0 aliphatic carbocycles. The molecule has 0 aliphatic heterocycles. The molecule has 76 valence electrons. The molecule has 6 heteroatoms. The second-order valence-corrected chi connectivity index (χ2v) is 2.72. The van der Waals surface area contributed by atoms with Gasteiger partial charge in [-0.1, -0.05) is 23.7 Å². The molecular formula is C8H4ClF3O2. The second kappa shape index (κ2) is 3.88. The first-order valence-electron chi connectivity index (χ1n) is 3.45. The van der Waals surface area contributed by atoms with E-state index < -0.39 is 12.1 Å². The lowest BCUT2D eigenvalue weighted by atomic mass is 10.3. The summed E-state index contributed by atoms with van der Waals surface area (Å²) in [5, 5.41) is -0.0508. The molecule has 14 heavy (non-hydrogen) atoms. The number of alkyl halides is 3. The summed E-state index contributed by atoms with van der Waals surface area (Å²) in [5.74, 6) is -2.60. The van der Waals surface area contributed by atoms with Crippen molar-refractivity contribution >= 4 is 17.6 Å². The number of para-hydroxylation sites is 1. The Morgan fingerprint density at radius 3 is 2.36 bits per heavy atom. The Labute approximate surface area is 82.2 Å². The van der Waals surface area contributed by atoms with Crippen molar-refractivity contribution in [3.63, 3.8) is 0 Å². The Hall–Kier alpha value is -1.23. The number of benzene rings is 1. The van der Waals surface area contributed by atoms with E-state index in [-0.39, 0.29) is 10.8 Å². The minimum Gasteiger partial charge on any atom is -0.418 e. The van der Waals surface area contributed by atoms with Gasteiger partial charge in [0.1, 0.15) is 5.75 Å². The SMILES string of the molecule is O=C(Oc1ccccc1Cl)C(F)(F)F. The molecule has 0 radical (unpaired) electrons. The van der Waals surface area contributed by atoms with Crippen LogP contribution in [0.25, 0.3) is 0 Å². The number of carbonyl (C=O) groups is 1. The minimum atomic E-state index is -5.01. The van der Waals surface area contributed by atoms with Crippen LogP contribution < -0.4 is 4.74 Å². The van der Waals surface area contributed by atoms with E-state index in [1.54, 1.807) is 0 Å². The standard InChI is InChI=1S/C8H4ClF3O2/c9-5-3-1-2-4-6(5)14-7(13)8(10,11)12/h1-4H. The number of rotatable bonds is 1. The van der Waals surface area contributed by atoms with Crippen molar-refractivity contribution in [2.45, 2.75) is 6.18 Å². The maximum atomic E-state index is 11.7. The topological polar surface area (TPSA) is 26.3 Å². The Balaban J connectivity index is 2.80. The van der Waals surface area contributed by atoms with Crippen molar-refractivity contribution in [1.29, 1.82) is 0 Å². The molecule has 2 nitrogen and oxygen atoms in total. The highest BCUT2D eigenvalue weighted by Crippen LogP contribution is 2.26. The minimum absolute atomic E-state index is 0.0508. The highest BCUT2D eigenvalue weighted by molar-refractivity contribution is 6.32. The smallest absolute Gasteiger partial charge is 0.418 e. The molecule has 0 fully saturated rings. The van der Waals surface area contributed by atoms with Crippen LogP contribution in [0, 0.1) is 0 Å². The molecular weight excluding hydrogens is 221 g/mol. The van der Waals surface area contributed by atoms with Gasteiger partial charge in [-0.2, -0.15) is 13.2 Å². The van der Waals surface area contributed by atoms with Gasteiger partial charge in [-0.05, 0) is 12.1 Å². The third-order valence-electron chi connectivity index (χ3n) is 1.27. The number of esters is 1. The fourth-order valence-corrected chi connectivity index (χ4v) is 0.860. The first-order valence-corrected chi connectivity index (χ1v) is 3.82. The van der Waals surface area contributed by atoms with Crippen molar-refractivity contribution in [1.82, 2.24) is 0 Å². The maximum absolute atomic E-state index is 11.7. The van der Waals surface area contributed by atoms with Gasteiger partial charge in [0.2, 0.25) is 0 Å². The lowest BCUT2D eigenvalue weighted by Crippen LogP contribution is -2.28. The van der Waals surface area contributed by atoms with Crippen LogP contribution in [-0.2, 0) is 4.79 Å². The van der Waals surface area contributed by atoms with Crippen LogP contribution in [0.15, 0.2) is 24.3 Å². The van der Waals surface area contributed by atoms with E-state index in [0.717, 1.165) is 0 Å². The summed E-state index contributed by atoms with van der Waals surface area (Å²) < 4.78 is 39.3. The molecule has 0 spiro atoms. The molecule has 0 saturated carbocycles. The summed E-state index contributed by atoms with van der Waals surface area (Å²) in [7, 11) is 0. The Kier molecular flexibility index (Phi) is 3.00. The van der Waals surface area contributed by atoms with Crippen molar-refractivity contribution in [2.75, 3.05) is 0 Å². The highest BCUT2D eigenvalue weighted by Gasteiger charge is 2.41. The van der Waals surface area contributed by atoms with E-state index in [9.17, 15) is 18.0 Å². The van der Waals surface area contributed by atoms with E-state index >= 15 is 0 Å². The molecule has 0 aliphatic rings. The maximum Gasteiger partial charge on any atom is 0.491 e. The number of carbonyl (C=O) groups excluding carboxylic acids is 1. The zero-order valence-electron chi connectivity index (χ0n) is 6.64. The van der Waals surface area contributed by atoms with Gasteiger partial charge in [-0.15, -0.1) is 0 Å². The summed E-state index contributed by atoms with van der Waals surface area (Å²) >= 11 is 5.47. The van der Waals surface area contributed by atoms with Crippen molar-refractivity contribution < 1.29 is 22.7 Å². The first-order chi connectivity index (χ1) is 6.41. The molecule has 0 bridgehead atoms. The normalized spacial score (nSPS) is 11.1. The molecule has 0 unspecified atom stereocenters. The lowest BCUT2D eigenvalue weighted by molar-refractivity contribution is -0.189. The molecule has 0 saturated heterocycles. The van der Waals surface area contributed by atoms with Gasteiger partial charge in [0.05, 0.1) is 5.02 Å². The van der Waals surface area contributed by atoms with Crippen molar-refractivity contribution in [3.8, 4) is 5.75 Å². The van der Waals surface area contributed by atoms with Crippen LogP contribution in [0.3, 0.4) is 0 Å². The van der Waals surface area contributed by atoms with Crippen LogP contribution in [0.1, 0.15) is 0 Å². The van der Waals surface area contributed by atoms with Crippen LogP contribution in [0.2, 0.25) is 5.02 Å². The summed E-state index contributed by atoms with van der Waals surface area (Å²) in [5.41, 5.74) is 0. The van der Waals surface area contributed by atoms with Crippen LogP contribution in [-0.4, -0.2) is 12.1 Å². The Morgan fingerprint density at radius 2 is 1.86 bits per heavy atom. The number of halogens is 4. The lowest BCUT2D eigenvalue weighted by Gasteiger charge is -2.07. The van der Waals surface area contributed by atoms with E-state index in [1.807, 2.05) is 0 Å². The third-order valence-corrected chi connectivity index (χ3v) is 1.58. The van der Waals surface area contributed by atoms with Gasteiger partial charge in [-0.3, -0.25) is 0 Å². The summed E-state index contributed by atoms with van der Waals surface area (Å²) in [6.07, 6.45) is -5.01. The Bertz CT molecular complexity index is 349. The zero-order chi connectivity index (χ0) is 10.8. The third kappa shape index (κ3) is 2.63. The molecule has 1 aromatic carbocycles. The zero-order valence-corrected chi connectivity index (χ0v) is 7.39. The van der Waals surface area contributed by atoms with Gasteiger partial charge < -0.3 is 4.74 Å². The van der Waals surface area contributed by atoms with Crippen molar-refractivity contribution in [2.24, 2.45) is 0 Å². The predicted octanol–water partition coefficient (Wildman–Crippen LogP) is 2.81. The van der Waals surface area contributed by atoms with E-state index in [4.69, 9.17) is 11.6 Å². The summed E-state index contributed by atoms with van der Waals surface area (Å²) in [6.45, 7) is 0. The predicted molar refractivity (Wildman–Crippen MR) is 43.1 cm³/mol. The molecule has 0 aromatic heterocycles. The van der Waals surface area contributed by atoms with Gasteiger partial charge in [0.15, 0.2) is 0 Å². The average Bonchev–Trinajstić information content (AvgIpc) is 2.07. The summed E-state index contributed by atoms with van der Waals surface area (Å²) in [6, 6.07) is 5.41.